The molecule has 0 atom stereocenters. The van der Waals surface area contributed by atoms with Crippen LogP contribution in [0.4, 0.5) is 11.4 Å². The number of nitrogens with one attached hydrogen (secondary N) is 1. The molecule has 0 aliphatic heterocycles. The Kier molecular flexibility index (Phi) is 4.25. The van der Waals surface area contributed by atoms with Crippen LogP contribution in [0.5, 0.6) is 5.75 Å². The van der Waals surface area contributed by atoms with Gasteiger partial charge in [-0.05, 0) is 42.3 Å². The Morgan fingerprint density at radius 1 is 1.25 bits per heavy atom. The smallest absolute Gasteiger partial charge is 0.228 e. The van der Waals surface area contributed by atoms with Gasteiger partial charge in [-0.15, -0.1) is 0 Å². The van der Waals surface area contributed by atoms with Crippen molar-refractivity contribution in [3.63, 3.8) is 0 Å². The first kappa shape index (κ1) is 13.9. The Balaban J connectivity index is 2.05. The molecule has 0 aliphatic rings. The lowest BCUT2D eigenvalue weighted by Gasteiger charge is -2.09. The van der Waals surface area contributed by atoms with Crippen molar-refractivity contribution in [2.45, 2.75) is 13.3 Å². The van der Waals surface area contributed by atoms with E-state index in [0.717, 1.165) is 16.9 Å². The first-order valence-electron chi connectivity index (χ1n) is 6.37. The summed E-state index contributed by atoms with van der Waals surface area (Å²) in [5.74, 6) is 0.638. The minimum absolute atomic E-state index is 0.103. The van der Waals surface area contributed by atoms with Crippen molar-refractivity contribution in [3.05, 3.63) is 53.6 Å². The van der Waals surface area contributed by atoms with E-state index in [2.05, 4.69) is 5.32 Å². The second-order valence-corrected chi connectivity index (χ2v) is 4.67. The minimum Gasteiger partial charge on any atom is -0.497 e. The monoisotopic (exact) mass is 270 g/mol. The topological polar surface area (TPSA) is 64.3 Å². The van der Waals surface area contributed by atoms with Gasteiger partial charge in [-0.2, -0.15) is 0 Å². The lowest BCUT2D eigenvalue weighted by Crippen LogP contribution is -2.15. The average Bonchev–Trinajstić information content (AvgIpc) is 2.42. The number of carbonyl (C=O) groups excluding carboxylic acids is 1. The highest BCUT2D eigenvalue weighted by molar-refractivity contribution is 5.95. The molecule has 0 fully saturated rings. The number of ether oxygens (including phenoxy) is 1. The maximum absolute atomic E-state index is 12.0. The van der Waals surface area contributed by atoms with E-state index < -0.39 is 0 Å². The Morgan fingerprint density at radius 2 is 2.05 bits per heavy atom. The maximum atomic E-state index is 12.0. The van der Waals surface area contributed by atoms with Crippen LogP contribution in [-0.4, -0.2) is 13.0 Å². The number of aryl methyl sites for hydroxylation is 1. The van der Waals surface area contributed by atoms with Gasteiger partial charge in [0.2, 0.25) is 5.91 Å². The summed E-state index contributed by atoms with van der Waals surface area (Å²) in [5, 5.41) is 2.82. The Bertz CT molecular complexity index is 624. The third kappa shape index (κ3) is 3.51. The average molecular weight is 270 g/mol. The molecular formula is C16H18N2O2. The van der Waals surface area contributed by atoms with Gasteiger partial charge in [0.05, 0.1) is 24.9 Å². The highest BCUT2D eigenvalue weighted by Crippen LogP contribution is 2.20. The number of nitrogen functional groups attached to an aromatic ring is 1. The number of benzene rings is 2. The molecule has 4 nitrogen and oxygen atoms in total. The van der Waals surface area contributed by atoms with Crippen molar-refractivity contribution in [2.24, 2.45) is 0 Å². The normalized spacial score (nSPS) is 10.1. The molecule has 2 rings (SSSR count). The summed E-state index contributed by atoms with van der Waals surface area (Å²) in [4.78, 5) is 12.0. The van der Waals surface area contributed by atoms with Crippen LogP contribution in [-0.2, 0) is 11.2 Å². The summed E-state index contributed by atoms with van der Waals surface area (Å²) in [6.45, 7) is 1.96. The highest BCUT2D eigenvalue weighted by Gasteiger charge is 2.07. The molecule has 0 aliphatic carbocycles. The van der Waals surface area contributed by atoms with Crippen LogP contribution in [0.25, 0.3) is 0 Å². The standard InChI is InChI=1S/C16H18N2O2/c1-11-6-7-15(14(17)8-11)18-16(19)10-12-4-3-5-13(9-12)20-2/h3-9H,10,17H2,1-2H3,(H,18,19). The van der Waals surface area contributed by atoms with Gasteiger partial charge >= 0.3 is 0 Å². The molecule has 1 amide bonds. The second kappa shape index (κ2) is 6.10. The van der Waals surface area contributed by atoms with Crippen LogP contribution in [0, 0.1) is 6.92 Å². The number of anilines is 2. The van der Waals surface area contributed by atoms with E-state index in [9.17, 15) is 4.79 Å². The van der Waals surface area contributed by atoms with Crippen molar-refractivity contribution in [3.8, 4) is 5.75 Å². The van der Waals surface area contributed by atoms with E-state index in [1.165, 1.54) is 0 Å². The highest BCUT2D eigenvalue weighted by atomic mass is 16.5. The second-order valence-electron chi connectivity index (χ2n) is 4.67. The molecular weight excluding hydrogens is 252 g/mol. The van der Waals surface area contributed by atoms with E-state index in [-0.39, 0.29) is 12.3 Å². The zero-order valence-corrected chi connectivity index (χ0v) is 11.6. The van der Waals surface area contributed by atoms with Crippen molar-refractivity contribution in [1.29, 1.82) is 0 Å². The van der Waals surface area contributed by atoms with Crippen LogP contribution >= 0.6 is 0 Å². The molecule has 2 aromatic rings. The van der Waals surface area contributed by atoms with Crippen molar-refractivity contribution in [1.82, 2.24) is 0 Å². The molecule has 0 aromatic heterocycles. The lowest BCUT2D eigenvalue weighted by molar-refractivity contribution is -0.115. The summed E-state index contributed by atoms with van der Waals surface area (Å²) in [7, 11) is 1.60. The molecule has 104 valence electrons. The molecule has 0 unspecified atom stereocenters. The molecule has 20 heavy (non-hydrogen) atoms. The SMILES string of the molecule is COc1cccc(CC(=O)Nc2ccc(C)cc2N)c1. The summed E-state index contributed by atoms with van der Waals surface area (Å²) in [5.41, 5.74) is 9.05. The van der Waals surface area contributed by atoms with E-state index >= 15 is 0 Å². The number of hydrogen-bond donors (Lipinski definition) is 2. The minimum atomic E-state index is -0.103. The fraction of sp³-hybridized carbons (Fsp3) is 0.188. The summed E-state index contributed by atoms with van der Waals surface area (Å²) < 4.78 is 5.14. The van der Waals surface area contributed by atoms with Gasteiger partial charge in [0.15, 0.2) is 0 Å². The molecule has 0 saturated heterocycles. The van der Waals surface area contributed by atoms with Crippen LogP contribution < -0.4 is 15.8 Å². The number of methoxy groups -OCH3 is 1. The van der Waals surface area contributed by atoms with Gasteiger partial charge in [0, 0.05) is 0 Å². The fourth-order valence-corrected chi connectivity index (χ4v) is 1.96. The van der Waals surface area contributed by atoms with E-state index in [4.69, 9.17) is 10.5 Å². The number of rotatable bonds is 4. The van der Waals surface area contributed by atoms with Crippen molar-refractivity contribution < 1.29 is 9.53 Å². The third-order valence-electron chi connectivity index (χ3n) is 2.98. The van der Waals surface area contributed by atoms with Gasteiger partial charge in [-0.1, -0.05) is 18.2 Å². The van der Waals surface area contributed by atoms with E-state index in [0.29, 0.717) is 11.4 Å². The predicted molar refractivity (Wildman–Crippen MR) is 80.9 cm³/mol. The van der Waals surface area contributed by atoms with Crippen molar-refractivity contribution in [2.75, 3.05) is 18.2 Å². The maximum Gasteiger partial charge on any atom is 0.228 e. The van der Waals surface area contributed by atoms with Gasteiger partial charge in [0.25, 0.3) is 0 Å². The number of amides is 1. The fourth-order valence-electron chi connectivity index (χ4n) is 1.96. The zero-order valence-electron chi connectivity index (χ0n) is 11.6. The van der Waals surface area contributed by atoms with E-state index in [1.54, 1.807) is 7.11 Å². The quantitative estimate of drug-likeness (QED) is 0.840. The van der Waals surface area contributed by atoms with Crippen molar-refractivity contribution >= 4 is 17.3 Å². The Hall–Kier alpha value is -2.49. The third-order valence-corrected chi connectivity index (χ3v) is 2.98. The molecule has 0 saturated carbocycles. The van der Waals surface area contributed by atoms with Gasteiger partial charge in [-0.3, -0.25) is 4.79 Å². The number of hydrogen-bond acceptors (Lipinski definition) is 3. The Labute approximate surface area is 118 Å². The first-order chi connectivity index (χ1) is 9.58. The zero-order chi connectivity index (χ0) is 14.5. The number of carbonyl (C=O) groups is 1. The number of nitrogens with two attached hydrogens (primary N) is 1. The molecule has 3 N–H and O–H groups in total. The molecule has 2 aromatic carbocycles. The summed E-state index contributed by atoms with van der Waals surface area (Å²) >= 11 is 0. The lowest BCUT2D eigenvalue weighted by atomic mass is 10.1. The van der Waals surface area contributed by atoms with Crippen LogP contribution in [0.2, 0.25) is 0 Å². The van der Waals surface area contributed by atoms with Crippen LogP contribution in [0.3, 0.4) is 0 Å². The Morgan fingerprint density at radius 3 is 2.75 bits per heavy atom. The van der Waals surface area contributed by atoms with Gasteiger partial charge < -0.3 is 15.8 Å². The molecule has 0 spiro atoms. The summed E-state index contributed by atoms with van der Waals surface area (Å²) in [6.07, 6.45) is 0.282. The molecule has 0 heterocycles. The van der Waals surface area contributed by atoms with Crippen LogP contribution in [0.15, 0.2) is 42.5 Å². The van der Waals surface area contributed by atoms with E-state index in [1.807, 2.05) is 49.4 Å². The predicted octanol–water partition coefficient (Wildman–Crippen LogP) is 2.77. The summed E-state index contributed by atoms with van der Waals surface area (Å²) in [6, 6.07) is 13.0. The van der Waals surface area contributed by atoms with Gasteiger partial charge in [0.1, 0.15) is 5.75 Å². The largest absolute Gasteiger partial charge is 0.497 e. The molecule has 0 bridgehead atoms. The molecule has 0 radical (unpaired) electrons. The van der Waals surface area contributed by atoms with Crippen LogP contribution in [0.1, 0.15) is 11.1 Å². The molecule has 4 heteroatoms. The van der Waals surface area contributed by atoms with Gasteiger partial charge in [-0.25, -0.2) is 0 Å². The first-order valence-corrected chi connectivity index (χ1v) is 6.37.